The lowest BCUT2D eigenvalue weighted by molar-refractivity contribution is -0.131. The van der Waals surface area contributed by atoms with Crippen LogP contribution in [0.2, 0.25) is 0 Å². The number of hydrogen-bond acceptors (Lipinski definition) is 6. The summed E-state index contributed by atoms with van der Waals surface area (Å²) >= 11 is 0. The highest BCUT2D eigenvalue weighted by Crippen LogP contribution is 2.48. The standard InChI is InChI=1S/C22H29FN6O/c1-21(2)18(28(4)19-6-5-15(10-24)12-26-19)7-8-22(21,3)27-13-20(30)29-14-16(23)9-17(29)11-25/h5-6,12,16-18,27H,7-9,13-14H2,1-4H3/t16-,17-,18+,22-/m0/s1. The maximum atomic E-state index is 13.7. The first-order chi connectivity index (χ1) is 14.1. The molecule has 0 aromatic carbocycles. The molecule has 1 saturated carbocycles. The van der Waals surface area contributed by atoms with Crippen molar-refractivity contribution >= 4 is 11.7 Å². The van der Waals surface area contributed by atoms with E-state index in [0.29, 0.717) is 5.56 Å². The highest BCUT2D eigenvalue weighted by molar-refractivity contribution is 5.79. The Bertz CT molecular complexity index is 873. The number of hydrogen-bond donors (Lipinski definition) is 1. The monoisotopic (exact) mass is 412 g/mol. The van der Waals surface area contributed by atoms with E-state index in [-0.39, 0.29) is 42.4 Å². The normalized spacial score (nSPS) is 30.0. The Morgan fingerprint density at radius 1 is 1.40 bits per heavy atom. The molecule has 2 fully saturated rings. The molecule has 0 radical (unpaired) electrons. The van der Waals surface area contributed by atoms with Crippen LogP contribution < -0.4 is 10.2 Å². The number of nitrogens with one attached hydrogen (secondary N) is 1. The van der Waals surface area contributed by atoms with Gasteiger partial charge in [-0.2, -0.15) is 10.5 Å². The number of alkyl halides is 1. The van der Waals surface area contributed by atoms with Gasteiger partial charge in [0.25, 0.3) is 0 Å². The molecule has 0 spiro atoms. The lowest BCUT2D eigenvalue weighted by atomic mass is 9.73. The Kier molecular flexibility index (Phi) is 6.01. The molecule has 1 amide bonds. The van der Waals surface area contributed by atoms with Crippen molar-refractivity contribution in [2.24, 2.45) is 5.41 Å². The molecule has 2 heterocycles. The van der Waals surface area contributed by atoms with E-state index in [1.165, 1.54) is 4.90 Å². The number of aromatic nitrogens is 1. The van der Waals surface area contributed by atoms with Gasteiger partial charge in [0, 0.05) is 36.7 Å². The average molecular weight is 413 g/mol. The number of halogens is 1. The van der Waals surface area contributed by atoms with E-state index < -0.39 is 12.2 Å². The fourth-order valence-electron chi connectivity index (χ4n) is 4.85. The second kappa shape index (κ2) is 8.20. The van der Waals surface area contributed by atoms with Crippen LogP contribution in [0, 0.1) is 28.1 Å². The third-order valence-electron chi connectivity index (χ3n) is 7.23. The second-order valence-corrected chi connectivity index (χ2v) is 9.11. The molecule has 1 N–H and O–H groups in total. The fourth-order valence-corrected chi connectivity index (χ4v) is 4.85. The van der Waals surface area contributed by atoms with E-state index in [1.807, 2.05) is 19.2 Å². The van der Waals surface area contributed by atoms with Crippen LogP contribution in [0.1, 0.15) is 45.6 Å². The molecule has 160 valence electrons. The molecule has 30 heavy (non-hydrogen) atoms. The number of anilines is 1. The zero-order valence-electron chi connectivity index (χ0n) is 18.0. The largest absolute Gasteiger partial charge is 0.356 e. The van der Waals surface area contributed by atoms with Crippen LogP contribution in [0.4, 0.5) is 10.2 Å². The first-order valence-electron chi connectivity index (χ1n) is 10.3. The molecular weight excluding hydrogens is 383 g/mol. The Hall–Kier alpha value is -2.71. The van der Waals surface area contributed by atoms with Crippen molar-refractivity contribution in [2.75, 3.05) is 25.0 Å². The number of nitrogens with zero attached hydrogens (tertiary/aromatic N) is 5. The van der Waals surface area contributed by atoms with Gasteiger partial charge in [-0.15, -0.1) is 0 Å². The molecule has 1 aromatic heterocycles. The van der Waals surface area contributed by atoms with E-state index >= 15 is 0 Å². The van der Waals surface area contributed by atoms with Gasteiger partial charge < -0.3 is 15.1 Å². The number of likely N-dealkylation sites (tertiary alicyclic amines) is 1. The van der Waals surface area contributed by atoms with Crippen molar-refractivity contribution in [3.63, 3.8) is 0 Å². The molecule has 7 nitrogen and oxygen atoms in total. The summed E-state index contributed by atoms with van der Waals surface area (Å²) < 4.78 is 13.7. The Morgan fingerprint density at radius 2 is 2.13 bits per heavy atom. The summed E-state index contributed by atoms with van der Waals surface area (Å²) in [6.45, 7) is 6.54. The third kappa shape index (κ3) is 3.85. The molecule has 3 rings (SSSR count). The maximum absolute atomic E-state index is 13.7. The molecule has 1 aliphatic heterocycles. The predicted octanol–water partition coefficient (Wildman–Crippen LogP) is 2.39. The summed E-state index contributed by atoms with van der Waals surface area (Å²) in [5.74, 6) is 0.569. The van der Waals surface area contributed by atoms with Crippen LogP contribution in [0.25, 0.3) is 0 Å². The summed E-state index contributed by atoms with van der Waals surface area (Å²) in [7, 11) is 2.00. The van der Waals surface area contributed by atoms with Crippen molar-refractivity contribution in [1.29, 1.82) is 10.5 Å². The quantitative estimate of drug-likeness (QED) is 0.798. The minimum atomic E-state index is -1.13. The maximum Gasteiger partial charge on any atom is 0.237 e. The van der Waals surface area contributed by atoms with Crippen molar-refractivity contribution < 1.29 is 9.18 Å². The molecule has 2 aliphatic rings. The van der Waals surface area contributed by atoms with E-state index in [2.05, 4.69) is 42.0 Å². The van der Waals surface area contributed by atoms with Gasteiger partial charge >= 0.3 is 0 Å². The van der Waals surface area contributed by atoms with Gasteiger partial charge in [-0.05, 0) is 31.9 Å². The Labute approximate surface area is 177 Å². The van der Waals surface area contributed by atoms with E-state index in [9.17, 15) is 14.4 Å². The Balaban J connectivity index is 1.68. The van der Waals surface area contributed by atoms with Crippen LogP contribution in [-0.4, -0.2) is 59.7 Å². The summed E-state index contributed by atoms with van der Waals surface area (Å²) in [5, 5.41) is 21.6. The van der Waals surface area contributed by atoms with Crippen molar-refractivity contribution in [3.05, 3.63) is 23.9 Å². The molecule has 4 atom stereocenters. The number of rotatable bonds is 5. The molecule has 1 saturated heterocycles. The van der Waals surface area contributed by atoms with Crippen LogP contribution in [0.15, 0.2) is 18.3 Å². The van der Waals surface area contributed by atoms with Gasteiger partial charge in [-0.1, -0.05) is 13.8 Å². The molecular formula is C22H29FN6O. The number of pyridine rings is 1. The summed E-state index contributed by atoms with van der Waals surface area (Å²) in [6, 6.07) is 7.22. The SMILES string of the molecule is CN(c1ccc(C#N)cn1)[C@@H]1CC[C@](C)(NCC(=O)N2C[C@@H](F)C[C@H]2C#N)C1(C)C. The molecule has 0 bridgehead atoms. The summed E-state index contributed by atoms with van der Waals surface area (Å²) in [5.41, 5.74) is 0.0151. The second-order valence-electron chi connectivity index (χ2n) is 9.11. The number of carbonyl (C=O) groups is 1. The Morgan fingerprint density at radius 3 is 2.73 bits per heavy atom. The minimum Gasteiger partial charge on any atom is -0.356 e. The lowest BCUT2D eigenvalue weighted by Gasteiger charge is -2.45. The molecule has 0 unspecified atom stereocenters. The van der Waals surface area contributed by atoms with Gasteiger partial charge in [0.15, 0.2) is 0 Å². The van der Waals surface area contributed by atoms with E-state index in [1.54, 1.807) is 12.3 Å². The van der Waals surface area contributed by atoms with Gasteiger partial charge in [0.1, 0.15) is 24.1 Å². The van der Waals surface area contributed by atoms with Crippen LogP contribution in [-0.2, 0) is 4.79 Å². The summed E-state index contributed by atoms with van der Waals surface area (Å²) in [4.78, 5) is 20.6. The van der Waals surface area contributed by atoms with Gasteiger partial charge in [0.2, 0.25) is 5.91 Å². The smallest absolute Gasteiger partial charge is 0.237 e. The molecule has 8 heteroatoms. The fraction of sp³-hybridized carbons (Fsp3) is 0.636. The van der Waals surface area contributed by atoms with Crippen molar-refractivity contribution in [2.45, 2.75) is 63.8 Å². The number of amides is 1. The molecule has 1 aliphatic carbocycles. The van der Waals surface area contributed by atoms with E-state index in [4.69, 9.17) is 5.26 Å². The number of nitriles is 2. The van der Waals surface area contributed by atoms with Crippen LogP contribution in [0.3, 0.4) is 0 Å². The summed E-state index contributed by atoms with van der Waals surface area (Å²) in [6.07, 6.45) is 2.32. The average Bonchev–Trinajstić information content (AvgIpc) is 3.22. The zero-order chi connectivity index (χ0) is 22.1. The predicted molar refractivity (Wildman–Crippen MR) is 111 cm³/mol. The minimum absolute atomic E-state index is 0.00539. The number of carbonyl (C=O) groups excluding carboxylic acids is 1. The zero-order valence-corrected chi connectivity index (χ0v) is 18.0. The van der Waals surface area contributed by atoms with E-state index in [0.717, 1.165) is 18.7 Å². The van der Waals surface area contributed by atoms with Crippen molar-refractivity contribution in [1.82, 2.24) is 15.2 Å². The third-order valence-corrected chi connectivity index (χ3v) is 7.23. The van der Waals surface area contributed by atoms with Gasteiger partial charge in [-0.3, -0.25) is 4.79 Å². The first-order valence-corrected chi connectivity index (χ1v) is 10.3. The molecule has 1 aromatic rings. The van der Waals surface area contributed by atoms with Gasteiger partial charge in [0.05, 0.1) is 24.7 Å². The van der Waals surface area contributed by atoms with Crippen LogP contribution >= 0.6 is 0 Å². The topological polar surface area (TPSA) is 96.1 Å². The van der Waals surface area contributed by atoms with Crippen molar-refractivity contribution in [3.8, 4) is 12.1 Å². The van der Waals surface area contributed by atoms with Gasteiger partial charge in [-0.25, -0.2) is 9.37 Å². The first kappa shape index (κ1) is 22.0. The highest BCUT2D eigenvalue weighted by Gasteiger charge is 2.53. The van der Waals surface area contributed by atoms with Crippen LogP contribution in [0.5, 0.6) is 0 Å². The highest BCUT2D eigenvalue weighted by atomic mass is 19.1. The lowest BCUT2D eigenvalue weighted by Crippen LogP contribution is -2.58.